The second-order valence-corrected chi connectivity index (χ2v) is 7.17. The summed E-state index contributed by atoms with van der Waals surface area (Å²) in [5, 5.41) is 1.19. The molecule has 0 fully saturated rings. The van der Waals surface area contributed by atoms with Crippen LogP contribution < -0.4 is 0 Å². The van der Waals surface area contributed by atoms with Crippen molar-refractivity contribution in [1.82, 2.24) is 4.57 Å². The third-order valence-electron chi connectivity index (χ3n) is 3.41. The number of para-hydroxylation sites is 1. The summed E-state index contributed by atoms with van der Waals surface area (Å²) in [7, 11) is -2.92. The Hall–Kier alpha value is -1.29. The Labute approximate surface area is 115 Å². The van der Waals surface area contributed by atoms with Gasteiger partial charge in [-0.1, -0.05) is 32.0 Å². The molecule has 0 atom stereocenters. The van der Waals surface area contributed by atoms with Crippen molar-refractivity contribution in [1.29, 1.82) is 0 Å². The van der Waals surface area contributed by atoms with Gasteiger partial charge in [-0.2, -0.15) is 0 Å². The van der Waals surface area contributed by atoms with Gasteiger partial charge in [-0.3, -0.25) is 0 Å². The molecule has 0 N–H and O–H groups in total. The summed E-state index contributed by atoms with van der Waals surface area (Å²) in [6, 6.07) is 8.30. The van der Waals surface area contributed by atoms with E-state index in [0.29, 0.717) is 13.0 Å². The van der Waals surface area contributed by atoms with E-state index in [0.717, 1.165) is 6.42 Å². The normalized spacial score (nSPS) is 12.1. The van der Waals surface area contributed by atoms with Crippen LogP contribution in [0.3, 0.4) is 0 Å². The number of aromatic nitrogens is 1. The number of aryl methyl sites for hydroxylation is 2. The monoisotopic (exact) mass is 279 g/mol. The van der Waals surface area contributed by atoms with Crippen molar-refractivity contribution in [2.75, 3.05) is 11.5 Å². The first-order chi connectivity index (χ1) is 9.07. The number of nitrogens with zero attached hydrogens (tertiary/aromatic N) is 1. The zero-order valence-electron chi connectivity index (χ0n) is 11.6. The predicted molar refractivity (Wildman–Crippen MR) is 80.3 cm³/mol. The number of sulfone groups is 1. The van der Waals surface area contributed by atoms with Crippen LogP contribution in [0.5, 0.6) is 0 Å². The number of rotatable bonds is 6. The first-order valence-electron chi connectivity index (χ1n) is 6.84. The minimum Gasteiger partial charge on any atom is -0.346 e. The fraction of sp³-hybridized carbons (Fsp3) is 0.467. The Balaban J connectivity index is 2.27. The molecule has 0 aliphatic carbocycles. The molecule has 0 radical (unpaired) electrons. The highest BCUT2D eigenvalue weighted by atomic mass is 32.2. The topological polar surface area (TPSA) is 39.1 Å². The van der Waals surface area contributed by atoms with E-state index in [1.165, 1.54) is 16.5 Å². The standard InChI is InChI=1S/C15H21NO2S/c1-3-11-19(17,18)12-10-16-9-8-14-7-5-6-13(4-2)15(14)16/h5-9H,3-4,10-12H2,1-2H3. The van der Waals surface area contributed by atoms with Crippen LogP contribution in [-0.4, -0.2) is 24.5 Å². The fourth-order valence-electron chi connectivity index (χ4n) is 2.46. The van der Waals surface area contributed by atoms with Crippen LogP contribution in [0.1, 0.15) is 25.8 Å². The first kappa shape index (κ1) is 14.1. The van der Waals surface area contributed by atoms with Crippen molar-refractivity contribution >= 4 is 20.7 Å². The van der Waals surface area contributed by atoms with Crippen molar-refractivity contribution in [2.45, 2.75) is 33.2 Å². The molecule has 0 aliphatic heterocycles. The summed E-state index contributed by atoms with van der Waals surface area (Å²) in [5.74, 6) is 0.509. The molecule has 0 bridgehead atoms. The summed E-state index contributed by atoms with van der Waals surface area (Å²) < 4.78 is 25.7. The Bertz CT molecular complexity index is 656. The highest BCUT2D eigenvalue weighted by Crippen LogP contribution is 2.21. The van der Waals surface area contributed by atoms with Gasteiger partial charge in [0, 0.05) is 18.5 Å². The molecule has 104 valence electrons. The van der Waals surface area contributed by atoms with Crippen LogP contribution in [0.2, 0.25) is 0 Å². The van der Waals surface area contributed by atoms with Gasteiger partial charge in [-0.15, -0.1) is 0 Å². The highest BCUT2D eigenvalue weighted by Gasteiger charge is 2.11. The van der Waals surface area contributed by atoms with E-state index in [1.807, 2.05) is 13.1 Å². The van der Waals surface area contributed by atoms with Crippen LogP contribution in [-0.2, 0) is 22.8 Å². The molecule has 0 saturated carbocycles. The van der Waals surface area contributed by atoms with Crippen LogP contribution in [0.4, 0.5) is 0 Å². The average Bonchev–Trinajstić information content (AvgIpc) is 2.79. The Kier molecular flexibility index (Phi) is 4.30. The molecule has 2 rings (SSSR count). The van der Waals surface area contributed by atoms with Gasteiger partial charge in [0.15, 0.2) is 9.84 Å². The van der Waals surface area contributed by atoms with Crippen molar-refractivity contribution in [3.05, 3.63) is 36.0 Å². The summed E-state index contributed by atoms with van der Waals surface area (Å²) in [5.41, 5.74) is 2.45. The second-order valence-electron chi connectivity index (χ2n) is 4.87. The van der Waals surface area contributed by atoms with Gasteiger partial charge in [0.25, 0.3) is 0 Å². The summed E-state index contributed by atoms with van der Waals surface area (Å²) >= 11 is 0. The molecule has 0 saturated heterocycles. The van der Waals surface area contributed by atoms with E-state index in [2.05, 4.69) is 35.8 Å². The molecule has 19 heavy (non-hydrogen) atoms. The smallest absolute Gasteiger partial charge is 0.152 e. The zero-order chi connectivity index (χ0) is 13.9. The lowest BCUT2D eigenvalue weighted by Gasteiger charge is -2.09. The molecule has 1 aromatic carbocycles. The highest BCUT2D eigenvalue weighted by molar-refractivity contribution is 7.91. The van der Waals surface area contributed by atoms with E-state index in [-0.39, 0.29) is 11.5 Å². The summed E-state index contributed by atoms with van der Waals surface area (Å²) in [6.45, 7) is 4.57. The molecule has 0 amide bonds. The molecular weight excluding hydrogens is 258 g/mol. The minimum atomic E-state index is -2.92. The third-order valence-corrected chi connectivity index (χ3v) is 5.25. The van der Waals surface area contributed by atoms with Gasteiger partial charge >= 0.3 is 0 Å². The lowest BCUT2D eigenvalue weighted by molar-refractivity contribution is 0.588. The Morgan fingerprint density at radius 3 is 2.58 bits per heavy atom. The predicted octanol–water partition coefficient (Wildman–Crippen LogP) is 3.03. The van der Waals surface area contributed by atoms with Gasteiger partial charge in [0.05, 0.1) is 11.3 Å². The first-order valence-corrected chi connectivity index (χ1v) is 8.66. The zero-order valence-corrected chi connectivity index (χ0v) is 12.4. The quantitative estimate of drug-likeness (QED) is 0.815. The largest absolute Gasteiger partial charge is 0.346 e. The summed E-state index contributed by atoms with van der Waals surface area (Å²) in [6.07, 6.45) is 3.64. The molecule has 4 heteroatoms. The van der Waals surface area contributed by atoms with Crippen LogP contribution >= 0.6 is 0 Å². The average molecular weight is 279 g/mol. The van der Waals surface area contributed by atoms with E-state index in [9.17, 15) is 8.42 Å². The van der Waals surface area contributed by atoms with E-state index >= 15 is 0 Å². The fourth-order valence-corrected chi connectivity index (χ4v) is 3.76. The van der Waals surface area contributed by atoms with Gasteiger partial charge in [-0.25, -0.2) is 8.42 Å². The number of benzene rings is 1. The molecule has 0 unspecified atom stereocenters. The lowest BCUT2D eigenvalue weighted by atomic mass is 10.1. The van der Waals surface area contributed by atoms with Gasteiger partial charge in [0.2, 0.25) is 0 Å². The molecule has 0 aliphatic rings. The van der Waals surface area contributed by atoms with Gasteiger partial charge in [-0.05, 0) is 29.9 Å². The summed E-state index contributed by atoms with van der Waals surface area (Å²) in [4.78, 5) is 0. The van der Waals surface area contributed by atoms with E-state index in [4.69, 9.17) is 0 Å². The molecular formula is C15H21NO2S. The molecule has 0 spiro atoms. The number of fused-ring (bicyclic) bond motifs is 1. The SMILES string of the molecule is CCCS(=O)(=O)CCn1ccc2cccc(CC)c21. The van der Waals surface area contributed by atoms with Crippen LogP contribution in [0.15, 0.2) is 30.5 Å². The van der Waals surface area contributed by atoms with Gasteiger partial charge < -0.3 is 4.57 Å². The van der Waals surface area contributed by atoms with Crippen LogP contribution in [0.25, 0.3) is 10.9 Å². The van der Waals surface area contributed by atoms with Gasteiger partial charge in [0.1, 0.15) is 0 Å². The minimum absolute atomic E-state index is 0.225. The lowest BCUT2D eigenvalue weighted by Crippen LogP contribution is -2.15. The van der Waals surface area contributed by atoms with Crippen LogP contribution in [0, 0.1) is 0 Å². The van der Waals surface area contributed by atoms with Crippen molar-refractivity contribution in [3.8, 4) is 0 Å². The molecule has 3 nitrogen and oxygen atoms in total. The second kappa shape index (κ2) is 5.78. The van der Waals surface area contributed by atoms with Crippen molar-refractivity contribution in [3.63, 3.8) is 0 Å². The van der Waals surface area contributed by atoms with Crippen molar-refractivity contribution < 1.29 is 8.42 Å². The maximum atomic E-state index is 11.8. The number of hydrogen-bond donors (Lipinski definition) is 0. The molecule has 2 aromatic rings. The molecule has 1 heterocycles. The van der Waals surface area contributed by atoms with E-state index < -0.39 is 9.84 Å². The molecule has 1 aromatic heterocycles. The van der Waals surface area contributed by atoms with Crippen molar-refractivity contribution in [2.24, 2.45) is 0 Å². The third kappa shape index (κ3) is 3.18. The Morgan fingerprint density at radius 1 is 1.11 bits per heavy atom. The Morgan fingerprint density at radius 2 is 1.89 bits per heavy atom. The van der Waals surface area contributed by atoms with E-state index in [1.54, 1.807) is 0 Å². The maximum Gasteiger partial charge on any atom is 0.152 e. The number of hydrogen-bond acceptors (Lipinski definition) is 2. The maximum absolute atomic E-state index is 11.8.